The quantitative estimate of drug-likeness (QED) is 0.491. The predicted octanol–water partition coefficient (Wildman–Crippen LogP) is 4.72. The highest BCUT2D eigenvalue weighted by Gasteiger charge is 2.27. The maximum atomic E-state index is 13.2. The molecule has 0 N–H and O–H groups in total. The van der Waals surface area contributed by atoms with Crippen LogP contribution in [0.4, 0.5) is 4.39 Å². The van der Waals surface area contributed by atoms with Crippen molar-refractivity contribution in [1.29, 1.82) is 0 Å². The summed E-state index contributed by atoms with van der Waals surface area (Å²) in [6.45, 7) is 0.990. The van der Waals surface area contributed by atoms with Gasteiger partial charge in [-0.1, -0.05) is 18.2 Å². The second-order valence-corrected chi connectivity index (χ2v) is 7.81. The number of nitrogens with zero attached hydrogens (tertiary/aromatic N) is 4. The average molecular weight is 408 g/mol. The first kappa shape index (κ1) is 17.8. The first-order valence-corrected chi connectivity index (χ1v) is 10.0. The number of fused-ring (bicyclic) bond motifs is 2. The number of benzene rings is 2. The molecule has 0 fully saturated rings. The lowest BCUT2D eigenvalue weighted by Crippen LogP contribution is -2.23. The van der Waals surface area contributed by atoms with Crippen LogP contribution in [-0.4, -0.2) is 26.4 Å². The van der Waals surface area contributed by atoms with E-state index in [1.54, 1.807) is 17.0 Å². The lowest BCUT2D eigenvalue weighted by atomic mass is 10.0. The zero-order valence-corrected chi connectivity index (χ0v) is 16.5. The zero-order valence-electron chi connectivity index (χ0n) is 16.5. The molecule has 2 aromatic carbocycles. The second-order valence-electron chi connectivity index (χ2n) is 7.81. The van der Waals surface area contributed by atoms with Gasteiger partial charge in [-0.25, -0.2) is 9.37 Å². The molecule has 2 aromatic heterocycles. The van der Waals surface area contributed by atoms with E-state index in [0.29, 0.717) is 13.1 Å². The van der Waals surface area contributed by atoms with E-state index in [9.17, 15) is 9.18 Å². The molecule has 4 aromatic rings. The standard InChI is InChI=1S/C25H17FN4O/c26-21-5-1-16(2-6-21)13-29-14-19-9-17(3-7-22(19)25(29)31)23-12-28-24-8-4-18(15-30(23)24)20-10-27-11-20/h1-12,15H,13-14H2. The van der Waals surface area contributed by atoms with E-state index < -0.39 is 0 Å². The summed E-state index contributed by atoms with van der Waals surface area (Å²) in [7, 11) is 0. The first-order valence-electron chi connectivity index (χ1n) is 10.0. The number of allylic oxidation sites excluding steroid dienone is 1. The number of pyridine rings is 1. The van der Waals surface area contributed by atoms with Crippen LogP contribution in [0.2, 0.25) is 0 Å². The zero-order chi connectivity index (χ0) is 20.9. The minimum atomic E-state index is -0.276. The molecule has 0 bridgehead atoms. The molecular formula is C25H17FN4O. The molecule has 4 heterocycles. The number of aromatic nitrogens is 2. The van der Waals surface area contributed by atoms with Crippen molar-refractivity contribution < 1.29 is 9.18 Å². The number of hydrogen-bond acceptors (Lipinski definition) is 3. The van der Waals surface area contributed by atoms with Crippen molar-refractivity contribution in [2.75, 3.05) is 0 Å². The first-order chi connectivity index (χ1) is 15.2. The molecular weight excluding hydrogens is 391 g/mol. The van der Waals surface area contributed by atoms with Crippen molar-refractivity contribution in [3.05, 3.63) is 101 Å². The second kappa shape index (κ2) is 6.74. The van der Waals surface area contributed by atoms with Crippen LogP contribution in [0.5, 0.6) is 0 Å². The molecule has 2 aliphatic rings. The fraction of sp³-hybridized carbons (Fsp3) is 0.0800. The van der Waals surface area contributed by atoms with Crippen molar-refractivity contribution in [3.63, 3.8) is 0 Å². The SMILES string of the molecule is O=C1c2ccc(-c3cnc4ccc(C5=CN=C5)cn34)cc2CN1Cc1ccc(F)cc1. The number of rotatable bonds is 4. The maximum Gasteiger partial charge on any atom is 0.254 e. The van der Waals surface area contributed by atoms with Gasteiger partial charge in [0.2, 0.25) is 0 Å². The van der Waals surface area contributed by atoms with E-state index in [-0.39, 0.29) is 11.7 Å². The largest absolute Gasteiger partial charge is 0.330 e. The van der Waals surface area contributed by atoms with Gasteiger partial charge in [0.1, 0.15) is 11.5 Å². The molecule has 6 heteroatoms. The van der Waals surface area contributed by atoms with Crippen LogP contribution in [0.25, 0.3) is 22.5 Å². The molecule has 0 unspecified atom stereocenters. The number of aliphatic imine (C=N–C) groups is 1. The van der Waals surface area contributed by atoms with Gasteiger partial charge in [0, 0.05) is 54.0 Å². The predicted molar refractivity (Wildman–Crippen MR) is 117 cm³/mol. The van der Waals surface area contributed by atoms with Crippen LogP contribution in [0.1, 0.15) is 27.0 Å². The molecule has 0 saturated heterocycles. The third-order valence-electron chi connectivity index (χ3n) is 5.83. The summed E-state index contributed by atoms with van der Waals surface area (Å²) in [5.41, 5.74) is 7.65. The van der Waals surface area contributed by atoms with Gasteiger partial charge in [0.25, 0.3) is 5.91 Å². The van der Waals surface area contributed by atoms with Gasteiger partial charge < -0.3 is 4.90 Å². The average Bonchev–Trinajstić information content (AvgIpc) is 3.29. The van der Waals surface area contributed by atoms with Crippen LogP contribution >= 0.6 is 0 Å². The Bertz CT molecular complexity index is 1420. The third kappa shape index (κ3) is 2.95. The third-order valence-corrected chi connectivity index (χ3v) is 5.83. The summed E-state index contributed by atoms with van der Waals surface area (Å²) in [5.74, 6) is -0.274. The number of halogens is 1. The van der Waals surface area contributed by atoms with Crippen LogP contribution in [-0.2, 0) is 13.1 Å². The minimum Gasteiger partial charge on any atom is -0.330 e. The highest BCUT2D eigenvalue weighted by molar-refractivity contribution is 6.14. The van der Waals surface area contributed by atoms with E-state index in [4.69, 9.17) is 0 Å². The minimum absolute atomic E-state index is 0.00233. The molecule has 1 amide bonds. The molecule has 5 nitrogen and oxygen atoms in total. The van der Waals surface area contributed by atoms with Crippen LogP contribution in [0.15, 0.2) is 78.2 Å². The monoisotopic (exact) mass is 408 g/mol. The molecule has 6 rings (SSSR count). The fourth-order valence-corrected chi connectivity index (χ4v) is 4.14. The Hall–Kier alpha value is -4.06. The van der Waals surface area contributed by atoms with E-state index >= 15 is 0 Å². The fourth-order valence-electron chi connectivity index (χ4n) is 4.14. The van der Waals surface area contributed by atoms with Crippen LogP contribution < -0.4 is 0 Å². The molecule has 0 saturated carbocycles. The number of imidazole rings is 1. The lowest BCUT2D eigenvalue weighted by molar-refractivity contribution is 0.0766. The maximum absolute atomic E-state index is 13.2. The van der Waals surface area contributed by atoms with Gasteiger partial charge in [-0.05, 0) is 47.5 Å². The molecule has 0 aliphatic carbocycles. The summed E-state index contributed by atoms with van der Waals surface area (Å²) < 4.78 is 15.2. The molecule has 31 heavy (non-hydrogen) atoms. The van der Waals surface area contributed by atoms with E-state index in [0.717, 1.165) is 44.7 Å². The summed E-state index contributed by atoms with van der Waals surface area (Å²) in [5, 5.41) is 0. The van der Waals surface area contributed by atoms with Gasteiger partial charge >= 0.3 is 0 Å². The Kier molecular flexibility index (Phi) is 3.86. The Morgan fingerprint density at radius 1 is 1.00 bits per heavy atom. The Labute approximate surface area is 177 Å². The van der Waals surface area contributed by atoms with Gasteiger partial charge in [-0.15, -0.1) is 0 Å². The van der Waals surface area contributed by atoms with Gasteiger partial charge in [0.05, 0.1) is 11.9 Å². The molecule has 0 spiro atoms. The summed E-state index contributed by atoms with van der Waals surface area (Å²) >= 11 is 0. The van der Waals surface area contributed by atoms with Gasteiger partial charge in [-0.2, -0.15) is 0 Å². The van der Waals surface area contributed by atoms with Crippen LogP contribution in [0, 0.1) is 5.82 Å². The molecule has 0 atom stereocenters. The normalized spacial score (nSPS) is 14.7. The topological polar surface area (TPSA) is 50.0 Å². The number of carbonyl (C=O) groups is 1. The van der Waals surface area contributed by atoms with Crippen molar-refractivity contribution in [2.24, 2.45) is 4.99 Å². The highest BCUT2D eigenvalue weighted by Crippen LogP contribution is 2.30. The Morgan fingerprint density at radius 3 is 2.58 bits per heavy atom. The van der Waals surface area contributed by atoms with E-state index in [1.165, 1.54) is 12.1 Å². The molecule has 2 aliphatic heterocycles. The van der Waals surface area contributed by atoms with Crippen molar-refractivity contribution in [2.45, 2.75) is 13.1 Å². The van der Waals surface area contributed by atoms with E-state index in [2.05, 4.69) is 26.6 Å². The lowest BCUT2D eigenvalue weighted by Gasteiger charge is -2.15. The highest BCUT2D eigenvalue weighted by atomic mass is 19.1. The van der Waals surface area contributed by atoms with Gasteiger partial charge in [0.15, 0.2) is 0 Å². The molecule has 0 radical (unpaired) electrons. The molecule has 150 valence electrons. The van der Waals surface area contributed by atoms with Crippen molar-refractivity contribution in [1.82, 2.24) is 14.3 Å². The van der Waals surface area contributed by atoms with E-state index in [1.807, 2.05) is 42.9 Å². The Morgan fingerprint density at radius 2 is 1.81 bits per heavy atom. The van der Waals surface area contributed by atoms with Crippen LogP contribution in [0.3, 0.4) is 0 Å². The summed E-state index contributed by atoms with van der Waals surface area (Å²) in [4.78, 5) is 23.2. The summed E-state index contributed by atoms with van der Waals surface area (Å²) in [6, 6.07) is 16.2. The number of carbonyl (C=O) groups excluding carboxylic acids is 1. The summed E-state index contributed by atoms with van der Waals surface area (Å²) in [6.07, 6.45) is 7.61. The Balaban J connectivity index is 1.32. The van der Waals surface area contributed by atoms with Crippen molar-refractivity contribution in [3.8, 4) is 11.3 Å². The number of amides is 1. The van der Waals surface area contributed by atoms with Crippen molar-refractivity contribution >= 4 is 23.3 Å². The smallest absolute Gasteiger partial charge is 0.254 e. The number of hydrogen-bond donors (Lipinski definition) is 0. The van der Waals surface area contributed by atoms with Gasteiger partial charge in [-0.3, -0.25) is 14.2 Å².